The summed E-state index contributed by atoms with van der Waals surface area (Å²) in [6.45, 7) is 6.66. The van der Waals surface area contributed by atoms with Crippen LogP contribution in [0.4, 0.5) is 17.1 Å². The van der Waals surface area contributed by atoms with Crippen LogP contribution in [0.3, 0.4) is 0 Å². The molecule has 0 bridgehead atoms. The molecule has 0 aliphatic rings. The molecule has 0 radical (unpaired) electrons. The van der Waals surface area contributed by atoms with Gasteiger partial charge in [-0.2, -0.15) is 0 Å². The number of methoxy groups -OCH3 is 1. The zero-order valence-corrected chi connectivity index (χ0v) is 21.5. The predicted octanol–water partition coefficient (Wildman–Crippen LogP) is 5.64. The molecular formula is C29H36N4O3. The molecule has 0 heterocycles. The monoisotopic (exact) mass is 488 g/mol. The van der Waals surface area contributed by atoms with Crippen LogP contribution < -0.4 is 26.4 Å². The molecule has 0 aliphatic heterocycles. The summed E-state index contributed by atoms with van der Waals surface area (Å²) in [5.41, 5.74) is 10.1. The van der Waals surface area contributed by atoms with Gasteiger partial charge in [0, 0.05) is 33.7 Å². The highest BCUT2D eigenvalue weighted by atomic mass is 16.5. The number of ether oxygens (including phenoxy) is 1. The maximum absolute atomic E-state index is 12.9. The van der Waals surface area contributed by atoms with Gasteiger partial charge in [-0.05, 0) is 105 Å². The van der Waals surface area contributed by atoms with Crippen LogP contribution in [0.1, 0.15) is 59.4 Å². The van der Waals surface area contributed by atoms with E-state index in [4.69, 9.17) is 10.5 Å². The maximum Gasteiger partial charge on any atom is 0.255 e. The Labute approximate surface area is 213 Å². The van der Waals surface area contributed by atoms with Crippen LogP contribution in [0.25, 0.3) is 0 Å². The lowest BCUT2D eigenvalue weighted by Crippen LogP contribution is -2.48. The summed E-state index contributed by atoms with van der Waals surface area (Å²) in [7, 11) is 1.59. The fourth-order valence-corrected chi connectivity index (χ4v) is 4.12. The Morgan fingerprint density at radius 1 is 0.861 bits per heavy atom. The Hall–Kier alpha value is -3.84. The molecule has 7 nitrogen and oxygen atoms in total. The molecule has 0 spiro atoms. The minimum Gasteiger partial charge on any atom is -0.497 e. The second-order valence-corrected chi connectivity index (χ2v) is 8.89. The van der Waals surface area contributed by atoms with E-state index < -0.39 is 0 Å². The van der Waals surface area contributed by atoms with Gasteiger partial charge in [0.2, 0.25) is 0 Å². The Morgan fingerprint density at radius 2 is 1.47 bits per heavy atom. The first kappa shape index (κ1) is 26.8. The zero-order chi connectivity index (χ0) is 26.1. The first-order valence-corrected chi connectivity index (χ1v) is 12.3. The van der Waals surface area contributed by atoms with E-state index in [-0.39, 0.29) is 17.4 Å². The molecule has 2 amide bonds. The highest BCUT2D eigenvalue weighted by molar-refractivity contribution is 6.04. The van der Waals surface area contributed by atoms with Crippen LogP contribution in [0.2, 0.25) is 0 Å². The third-order valence-electron chi connectivity index (χ3n) is 6.62. The minimum atomic E-state index is -0.277. The third-order valence-corrected chi connectivity index (χ3v) is 6.62. The van der Waals surface area contributed by atoms with E-state index in [0.717, 1.165) is 36.2 Å². The zero-order valence-electron chi connectivity index (χ0n) is 21.5. The van der Waals surface area contributed by atoms with E-state index in [1.54, 1.807) is 31.4 Å². The molecule has 0 atom stereocenters. The molecule has 0 saturated carbocycles. The molecule has 36 heavy (non-hydrogen) atoms. The van der Waals surface area contributed by atoms with Crippen molar-refractivity contribution in [2.75, 3.05) is 24.3 Å². The van der Waals surface area contributed by atoms with Crippen LogP contribution in [0.15, 0.2) is 66.7 Å². The highest BCUT2D eigenvalue weighted by Gasteiger charge is 2.27. The normalized spacial score (nSPS) is 11.0. The Bertz CT molecular complexity index is 1170. The first-order chi connectivity index (χ1) is 17.3. The fraction of sp³-hybridized carbons (Fsp3) is 0.310. The lowest BCUT2D eigenvalue weighted by atomic mass is 9.88. The van der Waals surface area contributed by atoms with Crippen molar-refractivity contribution in [3.63, 3.8) is 0 Å². The molecule has 0 aromatic heterocycles. The number of anilines is 3. The maximum atomic E-state index is 12.9. The van der Waals surface area contributed by atoms with Crippen molar-refractivity contribution < 1.29 is 14.3 Å². The first-order valence-electron chi connectivity index (χ1n) is 12.3. The van der Waals surface area contributed by atoms with Crippen LogP contribution in [-0.4, -0.2) is 31.0 Å². The predicted molar refractivity (Wildman–Crippen MR) is 146 cm³/mol. The smallest absolute Gasteiger partial charge is 0.255 e. The van der Waals surface area contributed by atoms with Gasteiger partial charge in [0.1, 0.15) is 5.75 Å². The van der Waals surface area contributed by atoms with E-state index in [9.17, 15) is 9.59 Å². The van der Waals surface area contributed by atoms with E-state index in [2.05, 4.69) is 29.8 Å². The summed E-state index contributed by atoms with van der Waals surface area (Å²) in [5, 5.41) is 9.48. The van der Waals surface area contributed by atoms with Crippen LogP contribution >= 0.6 is 0 Å². The Balaban J connectivity index is 1.64. The molecule has 7 heteroatoms. The molecule has 3 aromatic carbocycles. The number of hydrogen-bond donors (Lipinski definition) is 4. The number of nitrogens with one attached hydrogen (secondary N) is 3. The standard InChI is InChI=1S/C29H36N4O3/c1-5-29(6-2,17-18-30)33-28(35)22-9-16-26(20(3)19-22)31-23-10-12-24(13-11-23)32-27(34)21-7-14-25(36-4)15-8-21/h7-16,19,31H,5-6,17-18,30H2,1-4H3,(H,32,34)(H,33,35). The summed E-state index contributed by atoms with van der Waals surface area (Å²) in [6.07, 6.45) is 2.42. The fourth-order valence-electron chi connectivity index (χ4n) is 4.12. The largest absolute Gasteiger partial charge is 0.497 e. The summed E-state index contributed by atoms with van der Waals surface area (Å²) >= 11 is 0. The molecule has 0 aliphatic carbocycles. The van der Waals surface area contributed by atoms with Gasteiger partial charge in [-0.3, -0.25) is 9.59 Å². The molecule has 3 aromatic rings. The van der Waals surface area contributed by atoms with Crippen molar-refractivity contribution >= 4 is 28.9 Å². The number of nitrogens with two attached hydrogens (primary N) is 1. The number of aryl methyl sites for hydroxylation is 1. The molecule has 0 unspecified atom stereocenters. The van der Waals surface area contributed by atoms with Crippen LogP contribution in [-0.2, 0) is 0 Å². The second kappa shape index (κ2) is 12.2. The summed E-state index contributed by atoms with van der Waals surface area (Å²) in [5.74, 6) is 0.427. The van der Waals surface area contributed by atoms with Crippen LogP contribution in [0, 0.1) is 6.92 Å². The van der Waals surface area contributed by atoms with Crippen molar-refractivity contribution in [3.05, 3.63) is 83.4 Å². The molecule has 0 saturated heterocycles. The molecule has 3 rings (SSSR count). The molecule has 5 N–H and O–H groups in total. The lowest BCUT2D eigenvalue weighted by Gasteiger charge is -2.32. The van der Waals surface area contributed by atoms with Gasteiger partial charge < -0.3 is 26.4 Å². The van der Waals surface area contributed by atoms with Crippen molar-refractivity contribution in [2.45, 2.75) is 45.6 Å². The average molecular weight is 489 g/mol. The Kier molecular flexibility index (Phi) is 9.08. The number of carbonyl (C=O) groups is 2. The number of hydrogen-bond acceptors (Lipinski definition) is 5. The van der Waals surface area contributed by atoms with Crippen molar-refractivity contribution in [2.24, 2.45) is 5.73 Å². The number of amides is 2. The van der Waals surface area contributed by atoms with Gasteiger partial charge in [0.15, 0.2) is 0 Å². The van der Waals surface area contributed by atoms with Crippen molar-refractivity contribution in [1.29, 1.82) is 0 Å². The molecule has 0 fully saturated rings. The van der Waals surface area contributed by atoms with Crippen molar-refractivity contribution in [1.82, 2.24) is 5.32 Å². The molecular weight excluding hydrogens is 452 g/mol. The summed E-state index contributed by atoms with van der Waals surface area (Å²) in [4.78, 5) is 25.4. The second-order valence-electron chi connectivity index (χ2n) is 8.89. The van der Waals surface area contributed by atoms with E-state index in [1.807, 2.05) is 49.4 Å². The van der Waals surface area contributed by atoms with E-state index >= 15 is 0 Å². The quantitative estimate of drug-likeness (QED) is 0.280. The number of rotatable bonds is 11. The Morgan fingerprint density at radius 3 is 2.03 bits per heavy atom. The number of benzene rings is 3. The topological polar surface area (TPSA) is 105 Å². The van der Waals surface area contributed by atoms with Gasteiger partial charge in [-0.1, -0.05) is 13.8 Å². The SMILES string of the molecule is CCC(CC)(CCN)NC(=O)c1ccc(Nc2ccc(NC(=O)c3ccc(OC)cc3)cc2)c(C)c1. The minimum absolute atomic E-state index is 0.0845. The number of carbonyl (C=O) groups excluding carboxylic acids is 2. The highest BCUT2D eigenvalue weighted by Crippen LogP contribution is 2.25. The van der Waals surface area contributed by atoms with Gasteiger partial charge in [-0.15, -0.1) is 0 Å². The average Bonchev–Trinajstić information content (AvgIpc) is 2.90. The lowest BCUT2D eigenvalue weighted by molar-refractivity contribution is 0.0886. The van der Waals surface area contributed by atoms with Crippen molar-refractivity contribution in [3.8, 4) is 5.75 Å². The van der Waals surface area contributed by atoms with E-state index in [1.165, 1.54) is 0 Å². The third kappa shape index (κ3) is 6.64. The van der Waals surface area contributed by atoms with Gasteiger partial charge in [0.25, 0.3) is 11.8 Å². The van der Waals surface area contributed by atoms with E-state index in [0.29, 0.717) is 29.1 Å². The van der Waals surface area contributed by atoms with Crippen LogP contribution in [0.5, 0.6) is 5.75 Å². The van der Waals surface area contributed by atoms with Gasteiger partial charge in [0.05, 0.1) is 7.11 Å². The van der Waals surface area contributed by atoms with Gasteiger partial charge >= 0.3 is 0 Å². The summed E-state index contributed by atoms with van der Waals surface area (Å²) < 4.78 is 5.13. The van der Waals surface area contributed by atoms with Gasteiger partial charge in [-0.25, -0.2) is 0 Å². The molecule has 190 valence electrons. The summed E-state index contributed by atoms with van der Waals surface area (Å²) in [6, 6.07) is 20.0.